The predicted octanol–water partition coefficient (Wildman–Crippen LogP) is 3.64. The number of benzene rings is 3. The molecule has 2 heterocycles. The fourth-order valence-corrected chi connectivity index (χ4v) is 4.01. The zero-order valence-corrected chi connectivity index (χ0v) is 16.5. The van der Waals surface area contributed by atoms with Crippen molar-refractivity contribution in [3.05, 3.63) is 35.4 Å². The van der Waals surface area contributed by atoms with Crippen LogP contribution in [0.2, 0.25) is 0 Å². The third-order valence-electron chi connectivity index (χ3n) is 5.38. The van der Waals surface area contributed by atoms with Crippen LogP contribution in [0.25, 0.3) is 21.9 Å². The van der Waals surface area contributed by atoms with Gasteiger partial charge in [-0.1, -0.05) is 0 Å². The molecule has 0 amide bonds. The standard InChI is InChI=1S/C22H18O8/c1-25-16-4-10(5-17(26-2)21(16)27-3)18-11-6-14-15(30-9-29-14)7-12(11)20(23)13-8-28-22(24)19(13)18/h4-7,23H,8-9H2,1-3H3. The molecule has 0 radical (unpaired) electrons. The fourth-order valence-electron chi connectivity index (χ4n) is 4.01. The first-order valence-electron chi connectivity index (χ1n) is 9.16. The average Bonchev–Trinajstić information content (AvgIpc) is 3.38. The Bertz CT molecular complexity index is 1190. The van der Waals surface area contributed by atoms with Gasteiger partial charge < -0.3 is 33.5 Å². The molecule has 0 aromatic heterocycles. The van der Waals surface area contributed by atoms with Gasteiger partial charge in [-0.2, -0.15) is 0 Å². The third kappa shape index (κ3) is 2.43. The highest BCUT2D eigenvalue weighted by Gasteiger charge is 2.33. The summed E-state index contributed by atoms with van der Waals surface area (Å²) in [5.41, 5.74) is 1.95. The van der Waals surface area contributed by atoms with Gasteiger partial charge in [0, 0.05) is 16.5 Å². The summed E-state index contributed by atoms with van der Waals surface area (Å²) in [6.45, 7) is 0.0789. The number of hydrogen-bond acceptors (Lipinski definition) is 8. The van der Waals surface area contributed by atoms with Crippen molar-refractivity contribution in [1.29, 1.82) is 0 Å². The molecule has 0 saturated carbocycles. The number of cyclic esters (lactones) is 1. The van der Waals surface area contributed by atoms with Crippen LogP contribution in [0, 0.1) is 0 Å². The molecule has 8 heteroatoms. The van der Waals surface area contributed by atoms with Gasteiger partial charge >= 0.3 is 5.97 Å². The minimum absolute atomic E-state index is 0.0121. The Labute approximate surface area is 171 Å². The summed E-state index contributed by atoms with van der Waals surface area (Å²) < 4.78 is 32.6. The summed E-state index contributed by atoms with van der Waals surface area (Å²) in [6, 6.07) is 6.96. The second kappa shape index (κ2) is 6.62. The van der Waals surface area contributed by atoms with Gasteiger partial charge in [0.2, 0.25) is 12.5 Å². The molecule has 0 fully saturated rings. The normalized spacial score (nSPS) is 13.9. The first kappa shape index (κ1) is 18.2. The summed E-state index contributed by atoms with van der Waals surface area (Å²) in [4.78, 5) is 12.6. The van der Waals surface area contributed by atoms with Crippen LogP contribution < -0.4 is 23.7 Å². The van der Waals surface area contributed by atoms with Crippen molar-refractivity contribution < 1.29 is 38.3 Å². The van der Waals surface area contributed by atoms with Gasteiger partial charge in [-0.25, -0.2) is 4.79 Å². The predicted molar refractivity (Wildman–Crippen MR) is 106 cm³/mol. The lowest BCUT2D eigenvalue weighted by molar-refractivity contribution is 0.0535. The molecule has 0 saturated heterocycles. The van der Waals surface area contributed by atoms with Crippen LogP contribution in [0.4, 0.5) is 0 Å². The second-order valence-corrected chi connectivity index (χ2v) is 6.82. The number of phenolic OH excluding ortho intramolecular Hbond substituents is 1. The molecule has 3 aromatic carbocycles. The van der Waals surface area contributed by atoms with Crippen LogP contribution in [-0.2, 0) is 11.3 Å². The summed E-state index contributed by atoms with van der Waals surface area (Å²) >= 11 is 0. The van der Waals surface area contributed by atoms with Crippen LogP contribution in [0.15, 0.2) is 24.3 Å². The molecule has 1 N–H and O–H groups in total. The lowest BCUT2D eigenvalue weighted by Crippen LogP contribution is -2.01. The second-order valence-electron chi connectivity index (χ2n) is 6.82. The summed E-state index contributed by atoms with van der Waals surface area (Å²) in [6.07, 6.45) is 0. The highest BCUT2D eigenvalue weighted by Crippen LogP contribution is 2.50. The number of aromatic hydroxyl groups is 1. The van der Waals surface area contributed by atoms with Crippen LogP contribution >= 0.6 is 0 Å². The molecule has 3 aromatic rings. The monoisotopic (exact) mass is 410 g/mol. The van der Waals surface area contributed by atoms with Gasteiger partial charge in [0.05, 0.1) is 26.9 Å². The topological polar surface area (TPSA) is 92.7 Å². The van der Waals surface area contributed by atoms with E-state index in [1.807, 2.05) is 0 Å². The molecular weight excluding hydrogens is 392 g/mol. The summed E-state index contributed by atoms with van der Waals surface area (Å²) in [7, 11) is 4.56. The zero-order valence-electron chi connectivity index (χ0n) is 16.5. The van der Waals surface area contributed by atoms with Crippen molar-refractivity contribution in [2.45, 2.75) is 6.61 Å². The van der Waals surface area contributed by atoms with E-state index in [9.17, 15) is 9.90 Å². The average molecular weight is 410 g/mol. The van der Waals surface area contributed by atoms with E-state index in [1.54, 1.807) is 24.3 Å². The van der Waals surface area contributed by atoms with Gasteiger partial charge in [-0.15, -0.1) is 0 Å². The van der Waals surface area contributed by atoms with Crippen LogP contribution in [-0.4, -0.2) is 39.2 Å². The molecule has 0 aliphatic carbocycles. The van der Waals surface area contributed by atoms with Crippen molar-refractivity contribution in [2.24, 2.45) is 0 Å². The van der Waals surface area contributed by atoms with Gasteiger partial charge in [0.25, 0.3) is 0 Å². The molecule has 0 spiro atoms. The Kier molecular flexibility index (Phi) is 4.02. The minimum Gasteiger partial charge on any atom is -0.507 e. The van der Waals surface area contributed by atoms with Gasteiger partial charge in [0.15, 0.2) is 23.0 Å². The molecule has 0 atom stereocenters. The van der Waals surface area contributed by atoms with Gasteiger partial charge in [0.1, 0.15) is 12.4 Å². The number of phenols is 1. The highest BCUT2D eigenvalue weighted by atomic mass is 16.7. The van der Waals surface area contributed by atoms with E-state index >= 15 is 0 Å². The Hall–Kier alpha value is -3.81. The number of ether oxygens (including phenoxy) is 6. The molecule has 0 bridgehead atoms. The van der Waals surface area contributed by atoms with E-state index in [2.05, 4.69) is 0 Å². The largest absolute Gasteiger partial charge is 0.507 e. The van der Waals surface area contributed by atoms with E-state index in [0.29, 0.717) is 61.8 Å². The first-order valence-corrected chi connectivity index (χ1v) is 9.16. The summed E-state index contributed by atoms with van der Waals surface area (Å²) in [5, 5.41) is 12.0. The highest BCUT2D eigenvalue weighted by molar-refractivity contribution is 6.14. The number of esters is 1. The number of rotatable bonds is 4. The maximum Gasteiger partial charge on any atom is 0.339 e. The maximum absolute atomic E-state index is 12.6. The van der Waals surface area contributed by atoms with Crippen molar-refractivity contribution >= 4 is 16.7 Å². The van der Waals surface area contributed by atoms with Gasteiger partial charge in [-0.3, -0.25) is 0 Å². The van der Waals surface area contributed by atoms with Gasteiger partial charge in [-0.05, 0) is 35.2 Å². The third-order valence-corrected chi connectivity index (χ3v) is 5.38. The molecule has 5 rings (SSSR count). The summed E-state index contributed by atoms with van der Waals surface area (Å²) in [5.74, 6) is 1.84. The van der Waals surface area contributed by atoms with Crippen LogP contribution in [0.3, 0.4) is 0 Å². The zero-order chi connectivity index (χ0) is 21.0. The Balaban J connectivity index is 1.91. The number of hydrogen-bond donors (Lipinski definition) is 1. The van der Waals surface area contributed by atoms with E-state index in [0.717, 1.165) is 0 Å². The fraction of sp³-hybridized carbons (Fsp3) is 0.227. The molecule has 0 unspecified atom stereocenters. The molecule has 154 valence electrons. The maximum atomic E-state index is 12.6. The quantitative estimate of drug-likeness (QED) is 0.652. The van der Waals surface area contributed by atoms with Crippen molar-refractivity contribution in [3.8, 4) is 45.6 Å². The first-order chi connectivity index (χ1) is 14.6. The molecule has 2 aliphatic rings. The number of carbonyl (C=O) groups excluding carboxylic acids is 1. The minimum atomic E-state index is -0.511. The Morgan fingerprint density at radius 1 is 0.833 bits per heavy atom. The van der Waals surface area contributed by atoms with E-state index in [4.69, 9.17) is 28.4 Å². The number of carbonyl (C=O) groups is 1. The molecule has 8 nitrogen and oxygen atoms in total. The lowest BCUT2D eigenvalue weighted by atomic mass is 9.89. The molecule has 30 heavy (non-hydrogen) atoms. The van der Waals surface area contributed by atoms with E-state index < -0.39 is 5.97 Å². The number of fused-ring (bicyclic) bond motifs is 3. The smallest absolute Gasteiger partial charge is 0.339 e. The lowest BCUT2D eigenvalue weighted by Gasteiger charge is -2.17. The Morgan fingerprint density at radius 2 is 1.47 bits per heavy atom. The molecule has 2 aliphatic heterocycles. The van der Waals surface area contributed by atoms with Crippen molar-refractivity contribution in [2.75, 3.05) is 28.1 Å². The number of methoxy groups -OCH3 is 3. The Morgan fingerprint density at radius 3 is 2.07 bits per heavy atom. The van der Waals surface area contributed by atoms with Crippen LogP contribution in [0.5, 0.6) is 34.5 Å². The SMILES string of the molecule is COc1cc(-c2c3c(c(O)c4cc5c(cc24)OCO5)COC3=O)cc(OC)c1OC. The van der Waals surface area contributed by atoms with Crippen molar-refractivity contribution in [3.63, 3.8) is 0 Å². The van der Waals surface area contributed by atoms with Crippen LogP contribution in [0.1, 0.15) is 15.9 Å². The van der Waals surface area contributed by atoms with E-state index in [1.165, 1.54) is 21.3 Å². The van der Waals surface area contributed by atoms with Crippen molar-refractivity contribution in [1.82, 2.24) is 0 Å². The molecular formula is C22H18O8. The van der Waals surface area contributed by atoms with E-state index in [-0.39, 0.29) is 19.1 Å².